The highest BCUT2D eigenvalue weighted by Crippen LogP contribution is 2.30. The van der Waals surface area contributed by atoms with Crippen molar-refractivity contribution in [2.45, 2.75) is 38.5 Å². The fourth-order valence-corrected chi connectivity index (χ4v) is 6.20. The third-order valence-corrected chi connectivity index (χ3v) is 7.86. The molecule has 2 aliphatic rings. The van der Waals surface area contributed by atoms with E-state index in [0.717, 1.165) is 59.9 Å². The molecule has 0 radical (unpaired) electrons. The largest absolute Gasteiger partial charge is 0.352 e. The van der Waals surface area contributed by atoms with Gasteiger partial charge in [-0.2, -0.15) is 0 Å². The molecule has 3 aromatic heterocycles. The van der Waals surface area contributed by atoms with Gasteiger partial charge in [-0.3, -0.25) is 4.79 Å². The zero-order chi connectivity index (χ0) is 18.9. The molecule has 7 heteroatoms. The van der Waals surface area contributed by atoms with Crippen LogP contribution in [0.1, 0.15) is 45.8 Å². The predicted octanol–water partition coefficient (Wildman–Crippen LogP) is 4.37. The Morgan fingerprint density at radius 2 is 1.82 bits per heavy atom. The highest BCUT2D eigenvalue weighted by Gasteiger charge is 2.26. The van der Waals surface area contributed by atoms with E-state index in [9.17, 15) is 4.79 Å². The number of thiophene rings is 2. The molecule has 1 fully saturated rings. The minimum atomic E-state index is 0.208. The molecular weight excluding hydrogens is 388 g/mol. The molecule has 0 unspecified atom stereocenters. The van der Waals surface area contributed by atoms with Gasteiger partial charge in [0, 0.05) is 31.1 Å². The van der Waals surface area contributed by atoms with Crippen molar-refractivity contribution < 1.29 is 4.79 Å². The molecule has 0 saturated carbocycles. The Kier molecular flexibility index (Phi) is 5.03. The first-order chi connectivity index (χ1) is 13.8. The predicted molar refractivity (Wildman–Crippen MR) is 116 cm³/mol. The van der Waals surface area contributed by atoms with Crippen molar-refractivity contribution in [1.82, 2.24) is 14.9 Å². The molecular formula is C21H24N4OS2. The normalized spacial score (nSPS) is 18.0. The number of carbonyl (C=O) groups excluding carboxylic acids is 1. The molecule has 0 spiro atoms. The lowest BCUT2D eigenvalue weighted by molar-refractivity contribution is 0.0751. The van der Waals surface area contributed by atoms with Crippen LogP contribution < -0.4 is 4.90 Å². The van der Waals surface area contributed by atoms with E-state index in [1.807, 2.05) is 4.90 Å². The van der Waals surface area contributed by atoms with Gasteiger partial charge in [0.2, 0.25) is 0 Å². The Morgan fingerprint density at radius 3 is 2.68 bits per heavy atom. The number of fused-ring (bicyclic) bond motifs is 2. The Balaban J connectivity index is 1.28. The van der Waals surface area contributed by atoms with Crippen LogP contribution in [0.2, 0.25) is 0 Å². The average Bonchev–Trinajstić information content (AvgIpc) is 3.34. The van der Waals surface area contributed by atoms with E-state index in [1.54, 1.807) is 29.0 Å². The Bertz CT molecular complexity index is 962. The van der Waals surface area contributed by atoms with Crippen molar-refractivity contribution in [3.8, 4) is 0 Å². The number of rotatable bonds is 2. The number of aryl methyl sites for hydroxylation is 2. The lowest BCUT2D eigenvalue weighted by atomic mass is 10.00. The first kappa shape index (κ1) is 18.1. The maximum Gasteiger partial charge on any atom is 0.264 e. The maximum absolute atomic E-state index is 13.1. The topological polar surface area (TPSA) is 49.3 Å². The highest BCUT2D eigenvalue weighted by molar-refractivity contribution is 7.16. The molecule has 1 aliphatic heterocycles. The van der Waals surface area contributed by atoms with Crippen LogP contribution in [0.4, 0.5) is 5.82 Å². The molecule has 1 amide bonds. The molecule has 4 heterocycles. The number of carbonyl (C=O) groups is 1. The van der Waals surface area contributed by atoms with Crippen LogP contribution in [-0.4, -0.2) is 47.0 Å². The third kappa shape index (κ3) is 3.42. The summed E-state index contributed by atoms with van der Waals surface area (Å²) in [5.41, 5.74) is 1.42. The van der Waals surface area contributed by atoms with E-state index in [4.69, 9.17) is 0 Å². The fraction of sp³-hybridized carbons (Fsp3) is 0.476. The molecule has 1 aliphatic carbocycles. The van der Waals surface area contributed by atoms with Crippen LogP contribution in [0.15, 0.2) is 23.8 Å². The summed E-state index contributed by atoms with van der Waals surface area (Å²) in [6.45, 7) is 3.13. The highest BCUT2D eigenvalue weighted by atomic mass is 32.1. The summed E-state index contributed by atoms with van der Waals surface area (Å²) in [4.78, 5) is 29.7. The van der Waals surface area contributed by atoms with Gasteiger partial charge in [0.1, 0.15) is 17.0 Å². The lowest BCUT2D eigenvalue weighted by Crippen LogP contribution is -2.49. The van der Waals surface area contributed by atoms with Crippen LogP contribution in [0.3, 0.4) is 0 Å². The zero-order valence-electron chi connectivity index (χ0n) is 15.9. The third-order valence-electron chi connectivity index (χ3n) is 5.81. The maximum atomic E-state index is 13.1. The van der Waals surface area contributed by atoms with Crippen molar-refractivity contribution in [2.24, 2.45) is 0 Å². The Labute approximate surface area is 173 Å². The fourth-order valence-electron chi connectivity index (χ4n) is 4.26. The monoisotopic (exact) mass is 412 g/mol. The molecule has 5 rings (SSSR count). The van der Waals surface area contributed by atoms with Crippen molar-refractivity contribution in [1.29, 1.82) is 0 Å². The summed E-state index contributed by atoms with van der Waals surface area (Å²) in [5, 5.41) is 3.18. The minimum absolute atomic E-state index is 0.208. The quantitative estimate of drug-likeness (QED) is 0.627. The van der Waals surface area contributed by atoms with Crippen LogP contribution >= 0.6 is 22.7 Å². The summed E-state index contributed by atoms with van der Waals surface area (Å²) in [7, 11) is 0. The van der Waals surface area contributed by atoms with Crippen molar-refractivity contribution in [3.05, 3.63) is 39.2 Å². The summed E-state index contributed by atoms with van der Waals surface area (Å²) in [6.07, 6.45) is 9.08. The number of aromatic nitrogens is 2. The Hall–Kier alpha value is -1.99. The molecule has 0 atom stereocenters. The minimum Gasteiger partial charge on any atom is -0.352 e. The van der Waals surface area contributed by atoms with Crippen molar-refractivity contribution >= 4 is 44.6 Å². The van der Waals surface area contributed by atoms with Gasteiger partial charge in [-0.15, -0.1) is 22.7 Å². The number of amides is 1. The van der Waals surface area contributed by atoms with Crippen LogP contribution in [0, 0.1) is 0 Å². The van der Waals surface area contributed by atoms with Gasteiger partial charge in [0.15, 0.2) is 0 Å². The summed E-state index contributed by atoms with van der Waals surface area (Å²) >= 11 is 3.38. The van der Waals surface area contributed by atoms with Gasteiger partial charge in [0.05, 0.1) is 10.3 Å². The molecule has 0 N–H and O–H groups in total. The molecule has 146 valence electrons. The van der Waals surface area contributed by atoms with Crippen LogP contribution in [0.25, 0.3) is 10.2 Å². The second-order valence-electron chi connectivity index (χ2n) is 7.59. The first-order valence-electron chi connectivity index (χ1n) is 10.1. The van der Waals surface area contributed by atoms with Crippen molar-refractivity contribution in [2.75, 3.05) is 31.1 Å². The standard InChI is InChI=1S/C21H24N4OS2/c26-21(18-13-15-5-3-1-2-4-6-17(15)28-18)25-10-8-24(9-11-25)19-16-7-12-27-20(16)23-14-22-19/h7,12-14H,1-6,8-11H2. The van der Waals surface area contributed by atoms with Gasteiger partial charge in [0.25, 0.3) is 5.91 Å². The van der Waals surface area contributed by atoms with Gasteiger partial charge in [-0.05, 0) is 48.8 Å². The van der Waals surface area contributed by atoms with E-state index in [1.165, 1.54) is 36.1 Å². The van der Waals surface area contributed by atoms with Gasteiger partial charge in [-0.1, -0.05) is 12.8 Å². The van der Waals surface area contributed by atoms with E-state index < -0.39 is 0 Å². The van der Waals surface area contributed by atoms with Crippen LogP contribution in [0.5, 0.6) is 0 Å². The zero-order valence-corrected chi connectivity index (χ0v) is 17.5. The summed E-state index contributed by atoms with van der Waals surface area (Å²) in [5.74, 6) is 1.21. The number of hydrogen-bond donors (Lipinski definition) is 0. The SMILES string of the molecule is O=C(c1cc2c(s1)CCCCCC2)N1CCN(c2ncnc3sccc23)CC1. The second kappa shape index (κ2) is 7.79. The Morgan fingerprint density at radius 1 is 1.00 bits per heavy atom. The van der Waals surface area contributed by atoms with Gasteiger partial charge in [-0.25, -0.2) is 9.97 Å². The van der Waals surface area contributed by atoms with Crippen LogP contribution in [-0.2, 0) is 12.8 Å². The van der Waals surface area contributed by atoms with E-state index in [-0.39, 0.29) is 5.91 Å². The number of anilines is 1. The van der Waals surface area contributed by atoms with Crippen molar-refractivity contribution in [3.63, 3.8) is 0 Å². The molecule has 0 bridgehead atoms. The van der Waals surface area contributed by atoms with E-state index in [2.05, 4.69) is 32.4 Å². The number of piperazine rings is 1. The van der Waals surface area contributed by atoms with E-state index >= 15 is 0 Å². The van der Waals surface area contributed by atoms with Gasteiger partial charge >= 0.3 is 0 Å². The molecule has 1 saturated heterocycles. The number of nitrogens with zero attached hydrogens (tertiary/aromatic N) is 4. The van der Waals surface area contributed by atoms with Gasteiger partial charge < -0.3 is 9.80 Å². The average molecular weight is 413 g/mol. The summed E-state index contributed by atoms with van der Waals surface area (Å²) in [6, 6.07) is 4.27. The second-order valence-corrected chi connectivity index (χ2v) is 9.62. The molecule has 3 aromatic rings. The smallest absolute Gasteiger partial charge is 0.264 e. The first-order valence-corrected chi connectivity index (χ1v) is 11.8. The number of hydrogen-bond acceptors (Lipinski definition) is 6. The molecule has 5 nitrogen and oxygen atoms in total. The summed E-state index contributed by atoms with van der Waals surface area (Å²) < 4.78 is 0. The molecule has 28 heavy (non-hydrogen) atoms. The lowest BCUT2D eigenvalue weighted by Gasteiger charge is -2.35. The van der Waals surface area contributed by atoms with E-state index in [0.29, 0.717) is 0 Å². The molecule has 0 aromatic carbocycles.